The number of pyridine rings is 1. The zero-order valence-corrected chi connectivity index (χ0v) is 28.7. The van der Waals surface area contributed by atoms with Crippen molar-refractivity contribution < 1.29 is 28.3 Å². The molecule has 1 saturated heterocycles. The number of carbonyl (C=O) groups excluding carboxylic acids is 4. The predicted octanol–water partition coefficient (Wildman–Crippen LogP) is 7.82. The Morgan fingerprint density at radius 1 is 1.02 bits per heavy atom. The van der Waals surface area contributed by atoms with E-state index in [4.69, 9.17) is 21.3 Å². The number of ether oxygens (including phenoxy) is 1. The minimum absolute atomic E-state index is 0.00466. The zero-order chi connectivity index (χ0) is 34.9. The highest BCUT2D eigenvalue weighted by molar-refractivity contribution is 8.18. The largest absolute Gasteiger partial charge is 0.452 e. The number of para-hydroxylation sites is 1. The Bertz CT molecular complexity index is 2050. The standard InChI is InChI=1S/C38H33ClFN3O5S/c1-38(2,3)24-14-11-22(12-15-24)19-31-35(45)43(37(47)49-31)18-17-41-32(44)21-48-36(46)33-25-7-4-5-10-30(25)42-34-23(13-16-26(33)34)20-27-28(39)8-6-9-29(27)40/h4-12,14-15,19-20H,13,16-18,21H2,1-3H3,(H,41,44)/b23-20+,31-19+. The van der Waals surface area contributed by atoms with Gasteiger partial charge in [0.25, 0.3) is 17.1 Å². The molecule has 3 aromatic carbocycles. The molecule has 3 amide bonds. The van der Waals surface area contributed by atoms with Crippen molar-refractivity contribution in [2.75, 3.05) is 19.7 Å². The third-order valence-electron chi connectivity index (χ3n) is 8.40. The summed E-state index contributed by atoms with van der Waals surface area (Å²) in [6.45, 7) is 5.74. The van der Waals surface area contributed by atoms with Crippen LogP contribution < -0.4 is 5.32 Å². The Kier molecular flexibility index (Phi) is 9.72. The van der Waals surface area contributed by atoms with Crippen molar-refractivity contribution in [3.05, 3.63) is 116 Å². The SMILES string of the molecule is CC(C)(C)c1ccc(/C=C2/SC(=O)N(CCNC(=O)COC(=O)c3c4c(nc5ccccc35)/C(=C/c3c(F)cccc3Cl)CC4)C2=O)cc1. The number of nitrogens with zero attached hydrogens (tertiary/aromatic N) is 2. The monoisotopic (exact) mass is 697 g/mol. The van der Waals surface area contributed by atoms with Crippen LogP contribution in [0.15, 0.2) is 71.6 Å². The average Bonchev–Trinajstić information content (AvgIpc) is 3.58. The fourth-order valence-electron chi connectivity index (χ4n) is 5.82. The first-order valence-electron chi connectivity index (χ1n) is 15.8. The number of halogens is 2. The number of rotatable bonds is 8. The number of amides is 3. The van der Waals surface area contributed by atoms with Crippen LogP contribution in [0.1, 0.15) is 65.5 Å². The van der Waals surface area contributed by atoms with Gasteiger partial charge >= 0.3 is 5.97 Å². The molecule has 0 spiro atoms. The highest BCUT2D eigenvalue weighted by atomic mass is 35.5. The molecule has 0 unspecified atom stereocenters. The summed E-state index contributed by atoms with van der Waals surface area (Å²) < 4.78 is 20.0. The van der Waals surface area contributed by atoms with E-state index in [1.807, 2.05) is 24.3 Å². The predicted molar refractivity (Wildman–Crippen MR) is 190 cm³/mol. The molecule has 1 aliphatic carbocycles. The van der Waals surface area contributed by atoms with Crippen LogP contribution in [0.3, 0.4) is 0 Å². The topological polar surface area (TPSA) is 106 Å². The van der Waals surface area contributed by atoms with Gasteiger partial charge in [-0.3, -0.25) is 19.3 Å². The fraction of sp³-hybridized carbons (Fsp3) is 0.237. The second-order valence-corrected chi connectivity index (χ2v) is 14.2. The molecule has 0 radical (unpaired) electrons. The van der Waals surface area contributed by atoms with E-state index in [9.17, 15) is 23.6 Å². The molecule has 11 heteroatoms. The average molecular weight is 698 g/mol. The van der Waals surface area contributed by atoms with E-state index in [1.54, 1.807) is 42.5 Å². The summed E-state index contributed by atoms with van der Waals surface area (Å²) in [5.41, 5.74) is 5.01. The van der Waals surface area contributed by atoms with Crippen LogP contribution in [-0.2, 0) is 26.2 Å². The van der Waals surface area contributed by atoms with E-state index in [0.717, 1.165) is 33.4 Å². The van der Waals surface area contributed by atoms with Crippen LogP contribution in [0.5, 0.6) is 0 Å². The number of aromatic nitrogens is 1. The number of hydrogen-bond acceptors (Lipinski definition) is 7. The molecular weight excluding hydrogens is 665 g/mol. The minimum atomic E-state index is -0.693. The van der Waals surface area contributed by atoms with E-state index in [1.165, 1.54) is 12.1 Å². The first-order valence-corrected chi connectivity index (χ1v) is 17.0. The molecule has 0 bridgehead atoms. The van der Waals surface area contributed by atoms with Gasteiger partial charge in [-0.2, -0.15) is 0 Å². The Morgan fingerprint density at radius 2 is 1.78 bits per heavy atom. The van der Waals surface area contributed by atoms with Crippen molar-refractivity contribution in [3.8, 4) is 0 Å². The van der Waals surface area contributed by atoms with Crippen LogP contribution in [0, 0.1) is 5.82 Å². The number of allylic oxidation sites excluding steroid dienone is 1. The number of esters is 1. The molecule has 2 aliphatic rings. The normalized spacial score (nSPS) is 16.1. The molecule has 8 nitrogen and oxygen atoms in total. The number of carbonyl (C=O) groups is 4. The van der Waals surface area contributed by atoms with Crippen molar-refractivity contribution in [2.24, 2.45) is 0 Å². The van der Waals surface area contributed by atoms with Crippen molar-refractivity contribution in [1.29, 1.82) is 0 Å². The van der Waals surface area contributed by atoms with E-state index in [0.29, 0.717) is 45.5 Å². The summed E-state index contributed by atoms with van der Waals surface area (Å²) >= 11 is 7.12. The van der Waals surface area contributed by atoms with Gasteiger partial charge in [-0.25, -0.2) is 14.2 Å². The third kappa shape index (κ3) is 7.30. The van der Waals surface area contributed by atoms with Crippen molar-refractivity contribution in [3.63, 3.8) is 0 Å². The van der Waals surface area contributed by atoms with Crippen molar-refractivity contribution >= 4 is 75.0 Å². The number of fused-ring (bicyclic) bond motifs is 2. The van der Waals surface area contributed by atoms with Crippen molar-refractivity contribution in [2.45, 2.75) is 39.0 Å². The highest BCUT2D eigenvalue weighted by Crippen LogP contribution is 2.39. The summed E-state index contributed by atoms with van der Waals surface area (Å²) in [5, 5.41) is 3.04. The summed E-state index contributed by atoms with van der Waals surface area (Å²) in [6.07, 6.45) is 4.32. The Balaban J connectivity index is 1.09. The van der Waals surface area contributed by atoms with E-state index in [-0.39, 0.29) is 29.1 Å². The quantitative estimate of drug-likeness (QED) is 0.148. The molecule has 250 valence electrons. The van der Waals surface area contributed by atoms with Crippen LogP contribution in [0.2, 0.25) is 5.02 Å². The maximum Gasteiger partial charge on any atom is 0.339 e. The van der Waals surface area contributed by atoms with Crippen molar-refractivity contribution in [1.82, 2.24) is 15.2 Å². The first-order chi connectivity index (χ1) is 23.4. The zero-order valence-electron chi connectivity index (χ0n) is 27.1. The number of nitrogens with one attached hydrogen (secondary N) is 1. The molecular formula is C38H33ClFN3O5S. The lowest BCUT2D eigenvalue weighted by Crippen LogP contribution is -2.38. The molecule has 1 aromatic heterocycles. The van der Waals surface area contributed by atoms with Gasteiger partial charge in [-0.15, -0.1) is 0 Å². The summed E-state index contributed by atoms with van der Waals surface area (Å²) in [5.74, 6) is -2.17. The van der Waals surface area contributed by atoms with Crippen LogP contribution in [0.4, 0.5) is 9.18 Å². The molecule has 0 saturated carbocycles. The van der Waals surface area contributed by atoms with Gasteiger partial charge in [0.1, 0.15) is 5.82 Å². The lowest BCUT2D eigenvalue weighted by molar-refractivity contribution is -0.125. The number of imide groups is 1. The molecule has 49 heavy (non-hydrogen) atoms. The Morgan fingerprint density at radius 3 is 2.51 bits per heavy atom. The second kappa shape index (κ2) is 14.0. The van der Waals surface area contributed by atoms with Gasteiger partial charge in [-0.05, 0) is 82.6 Å². The Labute approximate surface area is 292 Å². The second-order valence-electron chi connectivity index (χ2n) is 12.8. The van der Waals surface area contributed by atoms with Crippen LogP contribution in [0.25, 0.3) is 28.6 Å². The van der Waals surface area contributed by atoms with E-state index in [2.05, 4.69) is 26.1 Å². The first kappa shape index (κ1) is 34.1. The van der Waals surface area contributed by atoms with E-state index < -0.39 is 35.4 Å². The summed E-state index contributed by atoms with van der Waals surface area (Å²) in [7, 11) is 0. The maximum atomic E-state index is 14.6. The lowest BCUT2D eigenvalue weighted by atomic mass is 9.87. The molecule has 6 rings (SSSR count). The summed E-state index contributed by atoms with van der Waals surface area (Å²) in [4.78, 5) is 57.9. The Hall–Kier alpha value is -4.80. The number of benzene rings is 3. The van der Waals surface area contributed by atoms with Gasteiger partial charge in [0.05, 0.1) is 26.7 Å². The highest BCUT2D eigenvalue weighted by Gasteiger charge is 2.35. The third-order valence-corrected chi connectivity index (χ3v) is 9.64. The summed E-state index contributed by atoms with van der Waals surface area (Å²) in [6, 6.07) is 19.4. The molecule has 1 aliphatic heterocycles. The van der Waals surface area contributed by atoms with Gasteiger partial charge in [0, 0.05) is 24.0 Å². The molecule has 1 fully saturated rings. The van der Waals surface area contributed by atoms with Crippen LogP contribution >= 0.6 is 23.4 Å². The van der Waals surface area contributed by atoms with Crippen LogP contribution in [-0.4, -0.2) is 52.6 Å². The van der Waals surface area contributed by atoms with Gasteiger partial charge < -0.3 is 10.1 Å². The maximum absolute atomic E-state index is 14.6. The molecule has 0 atom stereocenters. The minimum Gasteiger partial charge on any atom is -0.452 e. The smallest absolute Gasteiger partial charge is 0.339 e. The lowest BCUT2D eigenvalue weighted by Gasteiger charge is -2.18. The van der Waals surface area contributed by atoms with E-state index >= 15 is 0 Å². The number of thioether (sulfide) groups is 1. The van der Waals surface area contributed by atoms with Gasteiger partial charge in [0.2, 0.25) is 0 Å². The van der Waals surface area contributed by atoms with Gasteiger partial charge in [-0.1, -0.05) is 80.9 Å². The molecule has 1 N–H and O–H groups in total. The van der Waals surface area contributed by atoms with Gasteiger partial charge in [0.15, 0.2) is 6.61 Å². The molecule has 2 heterocycles. The number of hydrogen-bond donors (Lipinski definition) is 1. The fourth-order valence-corrected chi connectivity index (χ4v) is 6.90. The molecule has 4 aromatic rings.